The third-order valence-electron chi connectivity index (χ3n) is 2.90. The SMILES string of the molecule is O=CN1CCN(c2ccc(OC(F)(F)F)cc2)CC1. The summed E-state index contributed by atoms with van der Waals surface area (Å²) >= 11 is 0. The molecule has 104 valence electrons. The average molecular weight is 274 g/mol. The number of hydrogen-bond acceptors (Lipinski definition) is 3. The van der Waals surface area contributed by atoms with Crippen molar-refractivity contribution in [2.24, 2.45) is 0 Å². The number of nitrogens with zero attached hydrogens (tertiary/aromatic N) is 2. The molecule has 0 N–H and O–H groups in total. The highest BCUT2D eigenvalue weighted by atomic mass is 19.4. The van der Waals surface area contributed by atoms with Crippen LogP contribution >= 0.6 is 0 Å². The summed E-state index contributed by atoms with van der Waals surface area (Å²) in [7, 11) is 0. The smallest absolute Gasteiger partial charge is 0.406 e. The molecule has 0 aliphatic carbocycles. The summed E-state index contributed by atoms with van der Waals surface area (Å²) in [5.41, 5.74) is 0.820. The Kier molecular flexibility index (Phi) is 3.82. The van der Waals surface area contributed by atoms with Gasteiger partial charge in [0.2, 0.25) is 6.41 Å². The number of hydrogen-bond donors (Lipinski definition) is 0. The Labute approximate surface area is 108 Å². The Hall–Kier alpha value is -1.92. The van der Waals surface area contributed by atoms with Gasteiger partial charge in [-0.1, -0.05) is 0 Å². The van der Waals surface area contributed by atoms with Gasteiger partial charge in [0.05, 0.1) is 0 Å². The Balaban J connectivity index is 1.97. The molecule has 0 aromatic heterocycles. The second-order valence-electron chi connectivity index (χ2n) is 4.17. The maximum Gasteiger partial charge on any atom is 0.573 e. The van der Waals surface area contributed by atoms with Gasteiger partial charge in [-0.05, 0) is 24.3 Å². The Bertz CT molecular complexity index is 426. The zero-order valence-electron chi connectivity index (χ0n) is 10.1. The molecule has 0 saturated carbocycles. The van der Waals surface area contributed by atoms with Crippen molar-refractivity contribution in [3.63, 3.8) is 0 Å². The van der Waals surface area contributed by atoms with E-state index >= 15 is 0 Å². The third-order valence-corrected chi connectivity index (χ3v) is 2.90. The van der Waals surface area contributed by atoms with Crippen molar-refractivity contribution in [3.8, 4) is 5.75 Å². The molecule has 7 heteroatoms. The Morgan fingerprint density at radius 2 is 1.63 bits per heavy atom. The fraction of sp³-hybridized carbons (Fsp3) is 0.417. The van der Waals surface area contributed by atoms with Gasteiger partial charge in [-0.15, -0.1) is 13.2 Å². The second-order valence-corrected chi connectivity index (χ2v) is 4.17. The molecule has 1 aliphatic heterocycles. The van der Waals surface area contributed by atoms with E-state index in [1.54, 1.807) is 17.0 Å². The van der Waals surface area contributed by atoms with Gasteiger partial charge in [-0.3, -0.25) is 4.79 Å². The van der Waals surface area contributed by atoms with Crippen molar-refractivity contribution < 1.29 is 22.7 Å². The zero-order valence-corrected chi connectivity index (χ0v) is 10.1. The number of carbonyl (C=O) groups excluding carboxylic acids is 1. The normalized spacial score (nSPS) is 16.4. The second kappa shape index (κ2) is 5.38. The van der Waals surface area contributed by atoms with Gasteiger partial charge >= 0.3 is 6.36 Å². The lowest BCUT2D eigenvalue weighted by Crippen LogP contribution is -2.45. The van der Waals surface area contributed by atoms with E-state index in [2.05, 4.69) is 4.74 Å². The van der Waals surface area contributed by atoms with E-state index < -0.39 is 6.36 Å². The van der Waals surface area contributed by atoms with Crippen LogP contribution in [0.15, 0.2) is 24.3 Å². The van der Waals surface area contributed by atoms with Crippen LogP contribution in [0.2, 0.25) is 0 Å². The van der Waals surface area contributed by atoms with Crippen LogP contribution in [0.3, 0.4) is 0 Å². The van der Waals surface area contributed by atoms with E-state index in [1.165, 1.54) is 12.1 Å². The van der Waals surface area contributed by atoms with Crippen LogP contribution in [0.5, 0.6) is 5.75 Å². The number of ether oxygens (including phenoxy) is 1. The van der Waals surface area contributed by atoms with Gasteiger partial charge in [0.25, 0.3) is 0 Å². The van der Waals surface area contributed by atoms with Crippen LogP contribution in [-0.4, -0.2) is 43.9 Å². The molecule has 1 fully saturated rings. The van der Waals surface area contributed by atoms with Gasteiger partial charge in [-0.2, -0.15) is 0 Å². The van der Waals surface area contributed by atoms with Crippen LogP contribution in [-0.2, 0) is 4.79 Å². The average Bonchev–Trinajstić information content (AvgIpc) is 2.38. The molecular weight excluding hydrogens is 261 g/mol. The maximum absolute atomic E-state index is 12.0. The minimum Gasteiger partial charge on any atom is -0.406 e. The fourth-order valence-corrected chi connectivity index (χ4v) is 1.94. The van der Waals surface area contributed by atoms with E-state index in [-0.39, 0.29) is 5.75 Å². The number of anilines is 1. The van der Waals surface area contributed by atoms with Crippen LogP contribution in [0.1, 0.15) is 0 Å². The first-order chi connectivity index (χ1) is 8.98. The number of alkyl halides is 3. The lowest BCUT2D eigenvalue weighted by molar-refractivity contribution is -0.274. The van der Waals surface area contributed by atoms with E-state index in [1.807, 2.05) is 4.90 Å². The summed E-state index contributed by atoms with van der Waals surface area (Å²) in [4.78, 5) is 14.2. The van der Waals surface area contributed by atoms with Crippen molar-refractivity contribution in [3.05, 3.63) is 24.3 Å². The molecule has 0 spiro atoms. The molecule has 1 aliphatic rings. The summed E-state index contributed by atoms with van der Waals surface area (Å²) in [6, 6.07) is 5.74. The van der Waals surface area contributed by atoms with Crippen LogP contribution in [0, 0.1) is 0 Å². The fourth-order valence-electron chi connectivity index (χ4n) is 1.94. The van der Waals surface area contributed by atoms with Crippen LogP contribution in [0.25, 0.3) is 0 Å². The minimum atomic E-state index is -4.67. The van der Waals surface area contributed by atoms with Gasteiger partial charge in [-0.25, -0.2) is 0 Å². The third kappa shape index (κ3) is 3.77. The minimum absolute atomic E-state index is 0.234. The van der Waals surface area contributed by atoms with E-state index in [0.29, 0.717) is 26.2 Å². The number of rotatable bonds is 3. The summed E-state index contributed by atoms with van der Waals surface area (Å²) in [5.74, 6) is -0.234. The van der Waals surface area contributed by atoms with Crippen LogP contribution < -0.4 is 9.64 Å². The van der Waals surface area contributed by atoms with Crippen molar-refractivity contribution in [2.45, 2.75) is 6.36 Å². The quantitative estimate of drug-likeness (QED) is 0.789. The molecule has 0 radical (unpaired) electrons. The van der Waals surface area contributed by atoms with E-state index in [9.17, 15) is 18.0 Å². The van der Waals surface area contributed by atoms with E-state index in [0.717, 1.165) is 12.1 Å². The Morgan fingerprint density at radius 3 is 2.11 bits per heavy atom. The van der Waals surface area contributed by atoms with Crippen LogP contribution in [0.4, 0.5) is 18.9 Å². The Morgan fingerprint density at radius 1 is 1.05 bits per heavy atom. The summed E-state index contributed by atoms with van der Waals surface area (Å²) < 4.78 is 39.8. The monoisotopic (exact) mass is 274 g/mol. The predicted octanol–water partition coefficient (Wildman–Crippen LogP) is 1.86. The highest BCUT2D eigenvalue weighted by molar-refractivity contribution is 5.52. The lowest BCUT2D eigenvalue weighted by Gasteiger charge is -2.34. The number of carbonyl (C=O) groups is 1. The van der Waals surface area contributed by atoms with Crippen molar-refractivity contribution in [1.82, 2.24) is 4.90 Å². The highest BCUT2D eigenvalue weighted by Gasteiger charge is 2.31. The molecule has 19 heavy (non-hydrogen) atoms. The number of piperazine rings is 1. The largest absolute Gasteiger partial charge is 0.573 e. The molecule has 0 bridgehead atoms. The van der Waals surface area contributed by atoms with E-state index in [4.69, 9.17) is 0 Å². The molecule has 2 rings (SSSR count). The van der Waals surface area contributed by atoms with Crippen molar-refractivity contribution in [1.29, 1.82) is 0 Å². The molecule has 0 unspecified atom stereocenters. The van der Waals surface area contributed by atoms with Crippen molar-refractivity contribution in [2.75, 3.05) is 31.1 Å². The first-order valence-electron chi connectivity index (χ1n) is 5.78. The number of halogens is 3. The molecule has 1 aromatic carbocycles. The molecule has 1 amide bonds. The molecule has 0 atom stereocenters. The first kappa shape index (κ1) is 13.5. The van der Waals surface area contributed by atoms with Gasteiger partial charge in [0.1, 0.15) is 5.75 Å². The van der Waals surface area contributed by atoms with Gasteiger partial charge in [0, 0.05) is 31.9 Å². The molecule has 1 saturated heterocycles. The standard InChI is InChI=1S/C12H13F3N2O2/c13-12(14,15)19-11-3-1-10(2-4-11)17-7-5-16(9-18)6-8-17/h1-4,9H,5-8H2. The summed E-state index contributed by atoms with van der Waals surface area (Å²) in [6.07, 6.45) is -3.87. The number of benzene rings is 1. The maximum atomic E-state index is 12.0. The zero-order chi connectivity index (χ0) is 13.9. The lowest BCUT2D eigenvalue weighted by atomic mass is 10.2. The molecule has 4 nitrogen and oxygen atoms in total. The van der Waals surface area contributed by atoms with Gasteiger partial charge < -0.3 is 14.5 Å². The molecular formula is C12H13F3N2O2. The topological polar surface area (TPSA) is 32.8 Å². The van der Waals surface area contributed by atoms with Crippen molar-refractivity contribution >= 4 is 12.1 Å². The molecule has 1 aromatic rings. The molecule has 1 heterocycles. The summed E-state index contributed by atoms with van der Waals surface area (Å²) in [6.45, 7) is 2.56. The summed E-state index contributed by atoms with van der Waals surface area (Å²) in [5, 5.41) is 0. The number of amides is 1. The first-order valence-corrected chi connectivity index (χ1v) is 5.78. The predicted molar refractivity (Wildman–Crippen MR) is 63.0 cm³/mol. The van der Waals surface area contributed by atoms with Gasteiger partial charge in [0.15, 0.2) is 0 Å². The highest BCUT2D eigenvalue weighted by Crippen LogP contribution is 2.25.